The van der Waals surface area contributed by atoms with Crippen LogP contribution in [0.3, 0.4) is 0 Å². The zero-order chi connectivity index (χ0) is 21.5. The van der Waals surface area contributed by atoms with Gasteiger partial charge in [-0.1, -0.05) is 27.5 Å². The lowest BCUT2D eigenvalue weighted by atomic mass is 10.1. The normalized spacial score (nSPS) is 15.7. The lowest BCUT2D eigenvalue weighted by Crippen LogP contribution is -2.35. The monoisotopic (exact) mass is 504 g/mol. The summed E-state index contributed by atoms with van der Waals surface area (Å²) in [6.07, 6.45) is 0.529. The van der Waals surface area contributed by atoms with Crippen LogP contribution in [0.4, 0.5) is 11.4 Å². The van der Waals surface area contributed by atoms with Gasteiger partial charge in [-0.15, -0.1) is 0 Å². The molecule has 5 nitrogen and oxygen atoms in total. The van der Waals surface area contributed by atoms with E-state index in [1.807, 2.05) is 19.1 Å². The van der Waals surface area contributed by atoms with E-state index in [4.69, 9.17) is 11.6 Å². The number of fused-ring (bicyclic) bond motifs is 1. The molecule has 8 heteroatoms. The van der Waals surface area contributed by atoms with Crippen molar-refractivity contribution in [2.75, 3.05) is 9.62 Å². The first kappa shape index (κ1) is 20.9. The van der Waals surface area contributed by atoms with E-state index in [-0.39, 0.29) is 16.8 Å². The van der Waals surface area contributed by atoms with E-state index in [0.717, 1.165) is 10.0 Å². The molecule has 3 aromatic carbocycles. The number of rotatable bonds is 4. The Labute approximate surface area is 188 Å². The molecule has 0 radical (unpaired) electrons. The highest BCUT2D eigenvalue weighted by molar-refractivity contribution is 9.10. The van der Waals surface area contributed by atoms with Crippen LogP contribution in [0.25, 0.3) is 0 Å². The molecule has 0 saturated carbocycles. The summed E-state index contributed by atoms with van der Waals surface area (Å²) in [6, 6.07) is 18.3. The molecule has 0 unspecified atom stereocenters. The first-order valence-electron chi connectivity index (χ1n) is 9.25. The number of nitrogens with one attached hydrogen (secondary N) is 1. The van der Waals surface area contributed by atoms with Crippen molar-refractivity contribution in [2.45, 2.75) is 24.3 Å². The largest absolute Gasteiger partial charge is 0.322 e. The lowest BCUT2D eigenvalue weighted by Gasteiger charge is -2.24. The van der Waals surface area contributed by atoms with Crippen LogP contribution >= 0.6 is 27.5 Å². The van der Waals surface area contributed by atoms with Gasteiger partial charge < -0.3 is 5.32 Å². The summed E-state index contributed by atoms with van der Waals surface area (Å²) >= 11 is 9.26. The number of carbonyl (C=O) groups excluding carboxylic acids is 1. The van der Waals surface area contributed by atoms with E-state index in [2.05, 4.69) is 21.2 Å². The molecule has 0 spiro atoms. The van der Waals surface area contributed by atoms with Crippen molar-refractivity contribution >= 4 is 54.8 Å². The molecule has 0 aromatic heterocycles. The summed E-state index contributed by atoms with van der Waals surface area (Å²) in [4.78, 5) is 12.8. The fourth-order valence-electron chi connectivity index (χ4n) is 3.57. The molecule has 1 amide bonds. The molecule has 1 aliphatic rings. The topological polar surface area (TPSA) is 66.5 Å². The zero-order valence-corrected chi connectivity index (χ0v) is 19.1. The number of hydrogen-bond donors (Lipinski definition) is 1. The predicted molar refractivity (Wildman–Crippen MR) is 123 cm³/mol. The minimum absolute atomic E-state index is 0.184. The number of halogens is 2. The standard InChI is InChI=1S/C22H18BrClN2O3S/c1-14-12-16-13-15(22(27)25-19-7-3-17(23)4-8-19)2-11-21(16)26(14)30(28,29)20-9-5-18(24)6-10-20/h2-11,13-14H,12H2,1H3,(H,25,27)/t14-/m1/s1. The Hall–Kier alpha value is -2.35. The molecule has 1 atom stereocenters. The van der Waals surface area contributed by atoms with E-state index < -0.39 is 10.0 Å². The number of anilines is 2. The molecule has 1 N–H and O–H groups in total. The van der Waals surface area contributed by atoms with Crippen molar-refractivity contribution in [1.29, 1.82) is 0 Å². The third-order valence-electron chi connectivity index (χ3n) is 4.97. The molecule has 1 heterocycles. The molecule has 3 aromatic rings. The smallest absolute Gasteiger partial charge is 0.264 e. The van der Waals surface area contributed by atoms with Gasteiger partial charge >= 0.3 is 0 Å². The second-order valence-electron chi connectivity index (χ2n) is 7.11. The van der Waals surface area contributed by atoms with Gasteiger partial charge in [0.1, 0.15) is 0 Å². The number of hydrogen-bond acceptors (Lipinski definition) is 3. The zero-order valence-electron chi connectivity index (χ0n) is 16.0. The molecular weight excluding hydrogens is 488 g/mol. The van der Waals surface area contributed by atoms with Crippen molar-refractivity contribution in [1.82, 2.24) is 0 Å². The lowest BCUT2D eigenvalue weighted by molar-refractivity contribution is 0.102. The average Bonchev–Trinajstić information content (AvgIpc) is 3.05. The fraction of sp³-hybridized carbons (Fsp3) is 0.136. The van der Waals surface area contributed by atoms with Crippen molar-refractivity contribution < 1.29 is 13.2 Å². The maximum atomic E-state index is 13.2. The first-order valence-corrected chi connectivity index (χ1v) is 11.9. The Morgan fingerprint density at radius 2 is 1.73 bits per heavy atom. The molecular formula is C22H18BrClN2O3S. The highest BCUT2D eigenvalue weighted by Gasteiger charge is 2.36. The van der Waals surface area contributed by atoms with Gasteiger partial charge in [-0.3, -0.25) is 9.10 Å². The number of benzene rings is 3. The number of amides is 1. The molecule has 30 heavy (non-hydrogen) atoms. The minimum atomic E-state index is -3.73. The van der Waals surface area contributed by atoms with Crippen LogP contribution in [0.5, 0.6) is 0 Å². The highest BCUT2D eigenvalue weighted by atomic mass is 79.9. The van der Waals surface area contributed by atoms with Crippen LogP contribution in [0.1, 0.15) is 22.8 Å². The molecule has 1 aliphatic heterocycles. The Balaban J connectivity index is 1.62. The number of sulfonamides is 1. The van der Waals surface area contributed by atoms with Gasteiger partial charge in [-0.2, -0.15) is 0 Å². The van der Waals surface area contributed by atoms with Crippen molar-refractivity contribution in [2.24, 2.45) is 0 Å². The van der Waals surface area contributed by atoms with Crippen LogP contribution in [0.15, 0.2) is 76.1 Å². The summed E-state index contributed by atoms with van der Waals surface area (Å²) < 4.78 is 28.8. The minimum Gasteiger partial charge on any atom is -0.322 e. The van der Waals surface area contributed by atoms with E-state index in [1.54, 1.807) is 42.5 Å². The quantitative estimate of drug-likeness (QED) is 0.509. The van der Waals surface area contributed by atoms with Crippen LogP contribution in [0.2, 0.25) is 5.02 Å². The van der Waals surface area contributed by atoms with Crippen LogP contribution in [0, 0.1) is 0 Å². The third-order valence-corrected chi connectivity index (χ3v) is 7.69. The van der Waals surface area contributed by atoms with Gasteiger partial charge in [0.2, 0.25) is 0 Å². The van der Waals surface area contributed by atoms with Crippen molar-refractivity contribution in [3.05, 3.63) is 87.4 Å². The van der Waals surface area contributed by atoms with E-state index in [0.29, 0.717) is 28.4 Å². The Morgan fingerprint density at radius 1 is 1.07 bits per heavy atom. The Bertz CT molecular complexity index is 1210. The van der Waals surface area contributed by atoms with E-state index >= 15 is 0 Å². The van der Waals surface area contributed by atoms with Crippen molar-refractivity contribution in [3.8, 4) is 0 Å². The second-order valence-corrected chi connectivity index (χ2v) is 10.3. The average molecular weight is 506 g/mol. The number of carbonyl (C=O) groups is 1. The van der Waals surface area contributed by atoms with Crippen LogP contribution < -0.4 is 9.62 Å². The Kier molecular flexibility index (Phi) is 5.61. The maximum absolute atomic E-state index is 13.2. The van der Waals surface area contributed by atoms with Crippen LogP contribution in [-0.4, -0.2) is 20.4 Å². The van der Waals surface area contributed by atoms with Crippen LogP contribution in [-0.2, 0) is 16.4 Å². The molecule has 0 bridgehead atoms. The summed E-state index contributed by atoms with van der Waals surface area (Å²) in [5.41, 5.74) is 2.58. The van der Waals surface area contributed by atoms with Gasteiger partial charge in [0.25, 0.3) is 15.9 Å². The molecule has 0 aliphatic carbocycles. The number of nitrogens with zero attached hydrogens (tertiary/aromatic N) is 1. The SMILES string of the molecule is C[C@@H]1Cc2cc(C(=O)Nc3ccc(Br)cc3)ccc2N1S(=O)(=O)c1ccc(Cl)cc1. The summed E-state index contributed by atoms with van der Waals surface area (Å²) in [5.74, 6) is -0.244. The summed E-state index contributed by atoms with van der Waals surface area (Å²) in [7, 11) is -3.73. The van der Waals surface area contributed by atoms with E-state index in [1.165, 1.54) is 16.4 Å². The van der Waals surface area contributed by atoms with Gasteiger partial charge in [-0.05, 0) is 85.6 Å². The molecule has 0 fully saturated rings. The second kappa shape index (κ2) is 8.06. The van der Waals surface area contributed by atoms with Gasteiger partial charge in [0.05, 0.1) is 10.6 Å². The predicted octanol–water partition coefficient (Wildman–Crippen LogP) is 5.49. The van der Waals surface area contributed by atoms with Gasteiger partial charge in [0, 0.05) is 26.8 Å². The highest BCUT2D eigenvalue weighted by Crippen LogP contribution is 2.37. The first-order chi connectivity index (χ1) is 14.3. The van der Waals surface area contributed by atoms with Crippen molar-refractivity contribution in [3.63, 3.8) is 0 Å². The molecule has 154 valence electrons. The summed E-state index contributed by atoms with van der Waals surface area (Å²) in [6.45, 7) is 1.86. The van der Waals surface area contributed by atoms with E-state index in [9.17, 15) is 13.2 Å². The fourth-order valence-corrected chi connectivity index (χ4v) is 5.65. The van der Waals surface area contributed by atoms with Gasteiger partial charge in [-0.25, -0.2) is 8.42 Å². The molecule has 4 rings (SSSR count). The maximum Gasteiger partial charge on any atom is 0.264 e. The third kappa shape index (κ3) is 3.97. The van der Waals surface area contributed by atoms with Gasteiger partial charge in [0.15, 0.2) is 0 Å². The molecule has 0 saturated heterocycles. The Morgan fingerprint density at radius 3 is 2.40 bits per heavy atom. The summed E-state index contributed by atoms with van der Waals surface area (Å²) in [5, 5.41) is 3.33.